The van der Waals surface area contributed by atoms with E-state index in [9.17, 15) is 37.6 Å². The number of hydrogen-bond donors (Lipinski definition) is 0. The predicted octanol–water partition coefficient (Wildman–Crippen LogP) is 7.68. The molecular formula is C40H26F3N3O6S. The zero-order valence-corrected chi connectivity index (χ0v) is 28.6. The van der Waals surface area contributed by atoms with Crippen LogP contribution in [0.4, 0.5) is 18.9 Å². The summed E-state index contributed by atoms with van der Waals surface area (Å²) in [6.45, 7) is -0.497. The lowest BCUT2D eigenvalue weighted by molar-refractivity contribution is -0.138. The van der Waals surface area contributed by atoms with E-state index in [-0.39, 0.29) is 34.2 Å². The maximum Gasteiger partial charge on any atom is 0.417 e. The predicted molar refractivity (Wildman–Crippen MR) is 188 cm³/mol. The van der Waals surface area contributed by atoms with Crippen molar-refractivity contribution in [3.8, 4) is 34.2 Å². The maximum absolute atomic E-state index is 14.1. The van der Waals surface area contributed by atoms with Crippen LogP contribution in [0.15, 0.2) is 102 Å². The number of carbonyl (C=O) groups excluding carboxylic acids is 4. The summed E-state index contributed by atoms with van der Waals surface area (Å²) in [5, 5.41) is 8.21. The fourth-order valence-electron chi connectivity index (χ4n) is 6.31. The first kappa shape index (κ1) is 35.2. The molecule has 4 aromatic carbocycles. The number of hydrogen-bond acceptors (Lipinski definition) is 9. The fourth-order valence-corrected chi connectivity index (χ4v) is 7.44. The van der Waals surface area contributed by atoms with E-state index in [4.69, 9.17) is 9.47 Å². The zero-order chi connectivity index (χ0) is 37.4. The number of ether oxygens (including phenoxy) is 2. The van der Waals surface area contributed by atoms with Crippen LogP contribution >= 0.6 is 11.8 Å². The number of rotatable bonds is 9. The number of thioether (sulfide) groups is 1. The number of methoxy groups -OCH3 is 1. The number of nitrogens with zero attached hydrogens (tertiary/aromatic N) is 3. The molecule has 9 nitrogen and oxygen atoms in total. The Morgan fingerprint density at radius 3 is 2.32 bits per heavy atom. The summed E-state index contributed by atoms with van der Waals surface area (Å²) in [5.41, 5.74) is 3.22. The third kappa shape index (κ3) is 6.88. The van der Waals surface area contributed by atoms with E-state index in [2.05, 4.69) is 4.98 Å². The Hall–Kier alpha value is -6.26. The Labute approximate surface area is 305 Å². The van der Waals surface area contributed by atoms with Gasteiger partial charge in [0.25, 0.3) is 0 Å². The standard InChI is InChI=1S/C40H26F3N3O6S/c1-51-28-13-8-22(9-14-28)33-18-32(40(41,42)43)31(20-44)37(45-33)53-35-19-36(48)46(38(35)49)27-11-6-23(7-12-27)39(50)52-21-34(47)25-10-15-30-26(17-25)16-24-4-2-3-5-29(24)30/h2-15,17-18,35H,16,19,21H2,1H3. The van der Waals surface area contributed by atoms with Crippen molar-refractivity contribution in [3.05, 3.63) is 130 Å². The van der Waals surface area contributed by atoms with Crippen molar-refractivity contribution in [2.24, 2.45) is 0 Å². The molecule has 2 aliphatic rings. The highest BCUT2D eigenvalue weighted by Crippen LogP contribution is 2.42. The molecule has 1 fully saturated rings. The number of amides is 2. The molecule has 2 amide bonds. The van der Waals surface area contributed by atoms with Crippen LogP contribution in [0.1, 0.15) is 49.4 Å². The number of carbonyl (C=O) groups is 4. The van der Waals surface area contributed by atoms with Gasteiger partial charge in [-0.2, -0.15) is 18.4 Å². The summed E-state index contributed by atoms with van der Waals surface area (Å²) < 4.78 is 52.7. The van der Waals surface area contributed by atoms with Gasteiger partial charge in [0.1, 0.15) is 16.8 Å². The van der Waals surface area contributed by atoms with Crippen LogP contribution in [0, 0.1) is 11.3 Å². The molecule has 5 aromatic rings. The zero-order valence-electron chi connectivity index (χ0n) is 27.8. The van der Waals surface area contributed by atoms with Gasteiger partial charge in [-0.25, -0.2) is 14.7 Å². The third-order valence-corrected chi connectivity index (χ3v) is 10.1. The molecule has 0 saturated carbocycles. The number of fused-ring (bicyclic) bond motifs is 3. The molecule has 0 bridgehead atoms. The topological polar surface area (TPSA) is 127 Å². The second-order valence-corrected chi connectivity index (χ2v) is 13.4. The first-order valence-electron chi connectivity index (χ1n) is 16.2. The largest absolute Gasteiger partial charge is 0.497 e. The first-order chi connectivity index (χ1) is 25.4. The first-order valence-corrected chi connectivity index (χ1v) is 17.0. The molecule has 1 atom stereocenters. The van der Waals surface area contributed by atoms with E-state index < -0.39 is 46.9 Å². The SMILES string of the molecule is COc1ccc(-c2cc(C(F)(F)F)c(C#N)c(SC3CC(=O)N(c4ccc(C(=O)OCC(=O)c5ccc6c(c5)Cc5ccccc5-6)cc4)C3=O)n2)cc1. The monoisotopic (exact) mass is 733 g/mol. The Morgan fingerprint density at radius 2 is 1.62 bits per heavy atom. The van der Waals surface area contributed by atoms with Crippen molar-refractivity contribution in [2.45, 2.75) is 29.3 Å². The Balaban J connectivity index is 1.03. The van der Waals surface area contributed by atoms with Gasteiger partial charge < -0.3 is 9.47 Å². The van der Waals surface area contributed by atoms with Crippen molar-refractivity contribution in [1.29, 1.82) is 5.26 Å². The molecule has 264 valence electrons. The van der Waals surface area contributed by atoms with Gasteiger partial charge in [-0.15, -0.1) is 0 Å². The average Bonchev–Trinajstić information content (AvgIpc) is 3.67. The fraction of sp³-hybridized carbons (Fsp3) is 0.150. The highest BCUT2D eigenvalue weighted by atomic mass is 32.2. The van der Waals surface area contributed by atoms with Crippen molar-refractivity contribution in [2.75, 3.05) is 18.6 Å². The second-order valence-electron chi connectivity index (χ2n) is 12.2. The Morgan fingerprint density at radius 1 is 0.925 bits per heavy atom. The van der Waals surface area contributed by atoms with Gasteiger partial charge in [-0.3, -0.25) is 14.4 Å². The minimum atomic E-state index is -4.91. The minimum absolute atomic E-state index is 0.0638. The van der Waals surface area contributed by atoms with Crippen LogP contribution in [0.3, 0.4) is 0 Å². The van der Waals surface area contributed by atoms with Crippen LogP contribution in [0.25, 0.3) is 22.4 Å². The summed E-state index contributed by atoms with van der Waals surface area (Å²) in [7, 11) is 1.44. The highest BCUT2D eigenvalue weighted by molar-refractivity contribution is 8.00. The molecule has 0 radical (unpaired) electrons. The van der Waals surface area contributed by atoms with Crippen molar-refractivity contribution >= 4 is 41.0 Å². The maximum atomic E-state index is 14.1. The van der Waals surface area contributed by atoms with Gasteiger partial charge in [-0.1, -0.05) is 48.2 Å². The molecule has 2 heterocycles. The average molecular weight is 734 g/mol. The molecule has 53 heavy (non-hydrogen) atoms. The number of pyridine rings is 1. The van der Waals surface area contributed by atoms with Crippen LogP contribution in [0.5, 0.6) is 5.75 Å². The summed E-state index contributed by atoms with van der Waals surface area (Å²) in [5.74, 6) is -2.06. The second kappa shape index (κ2) is 14.0. The van der Waals surface area contributed by atoms with Gasteiger partial charge in [-0.05, 0) is 89.3 Å². The van der Waals surface area contributed by atoms with Crippen LogP contribution in [0.2, 0.25) is 0 Å². The molecule has 13 heteroatoms. The molecule has 1 aliphatic carbocycles. The molecular weight excluding hydrogens is 708 g/mol. The number of halogens is 3. The number of nitriles is 1. The third-order valence-electron chi connectivity index (χ3n) is 8.96. The van der Waals surface area contributed by atoms with Gasteiger partial charge in [0.15, 0.2) is 12.4 Å². The number of alkyl halides is 3. The number of Topliss-reactive ketones (excluding diaryl/α,β-unsaturated/α-hetero) is 1. The highest BCUT2D eigenvalue weighted by Gasteiger charge is 2.42. The molecule has 1 aromatic heterocycles. The Bertz CT molecular complexity index is 2350. The molecule has 7 rings (SSSR count). The van der Waals surface area contributed by atoms with Crippen molar-refractivity contribution < 1.29 is 41.8 Å². The number of benzene rings is 4. The summed E-state index contributed by atoms with van der Waals surface area (Å²) in [4.78, 5) is 57.4. The van der Waals surface area contributed by atoms with Gasteiger partial charge in [0.2, 0.25) is 11.8 Å². The van der Waals surface area contributed by atoms with Crippen LogP contribution < -0.4 is 9.64 Å². The molecule has 1 unspecified atom stereocenters. The number of anilines is 1. The summed E-state index contributed by atoms with van der Waals surface area (Å²) in [6.07, 6.45) is -4.57. The number of esters is 1. The Kier molecular flexibility index (Phi) is 9.32. The molecule has 1 saturated heterocycles. The van der Waals surface area contributed by atoms with E-state index >= 15 is 0 Å². The van der Waals surface area contributed by atoms with Crippen LogP contribution in [-0.4, -0.2) is 47.5 Å². The van der Waals surface area contributed by atoms with Crippen molar-refractivity contribution in [3.63, 3.8) is 0 Å². The quantitative estimate of drug-likeness (QED) is 0.0836. The van der Waals surface area contributed by atoms with Gasteiger partial charge in [0, 0.05) is 17.5 Å². The summed E-state index contributed by atoms with van der Waals surface area (Å²) in [6, 6.07) is 27.2. The molecule has 1 aliphatic heterocycles. The van der Waals surface area contributed by atoms with Gasteiger partial charge in [0.05, 0.1) is 40.4 Å². The summed E-state index contributed by atoms with van der Waals surface area (Å²) >= 11 is 0.602. The van der Waals surface area contributed by atoms with E-state index in [0.717, 1.165) is 27.7 Å². The number of ketones is 1. The van der Waals surface area contributed by atoms with Gasteiger partial charge >= 0.3 is 12.1 Å². The normalized spacial score (nSPS) is 14.8. The number of aromatic nitrogens is 1. The minimum Gasteiger partial charge on any atom is -0.497 e. The lowest BCUT2D eigenvalue weighted by atomic mass is 10.0. The lowest BCUT2D eigenvalue weighted by Gasteiger charge is -2.17. The van der Waals surface area contributed by atoms with E-state index in [1.54, 1.807) is 30.3 Å². The lowest BCUT2D eigenvalue weighted by Crippen LogP contribution is -2.31. The van der Waals surface area contributed by atoms with E-state index in [0.29, 0.717) is 35.1 Å². The van der Waals surface area contributed by atoms with Crippen molar-refractivity contribution in [1.82, 2.24) is 4.98 Å². The molecule has 0 N–H and O–H groups in total. The molecule has 0 spiro atoms. The van der Waals surface area contributed by atoms with E-state index in [1.165, 1.54) is 49.1 Å². The smallest absolute Gasteiger partial charge is 0.417 e. The van der Waals surface area contributed by atoms with E-state index in [1.807, 2.05) is 30.3 Å². The van der Waals surface area contributed by atoms with Crippen LogP contribution in [-0.2, 0) is 26.9 Å². The number of imide groups is 1.